The average Bonchev–Trinajstić information content (AvgIpc) is 3.59. The van der Waals surface area contributed by atoms with E-state index < -0.39 is 0 Å². The van der Waals surface area contributed by atoms with Gasteiger partial charge in [0.2, 0.25) is 0 Å². The van der Waals surface area contributed by atoms with E-state index in [1.165, 1.54) is 49.3 Å². The third-order valence-electron chi connectivity index (χ3n) is 10.1. The molecule has 0 bridgehead atoms. The molecule has 0 unspecified atom stereocenters. The van der Waals surface area contributed by atoms with Crippen LogP contribution >= 0.6 is 0 Å². The molecule has 2 heterocycles. The summed E-state index contributed by atoms with van der Waals surface area (Å²) in [5.74, 6) is 1.92. The molecular formula is C49H32N4. The molecule has 0 N–H and O–H groups in total. The Morgan fingerprint density at radius 2 is 0.736 bits per heavy atom. The lowest BCUT2D eigenvalue weighted by Gasteiger charge is -2.12. The summed E-state index contributed by atoms with van der Waals surface area (Å²) in [6.45, 7) is 0. The fourth-order valence-electron chi connectivity index (χ4n) is 7.42. The lowest BCUT2D eigenvalue weighted by atomic mass is 9.99. The topological polar surface area (TPSA) is 43.6 Å². The Hall–Kier alpha value is -7.17. The quantitative estimate of drug-likeness (QED) is 0.176. The summed E-state index contributed by atoms with van der Waals surface area (Å²) in [6.07, 6.45) is 0. The smallest absolute Gasteiger partial charge is 0.164 e. The van der Waals surface area contributed by atoms with Crippen LogP contribution in [0.25, 0.3) is 94.7 Å². The van der Waals surface area contributed by atoms with Crippen molar-refractivity contribution < 1.29 is 0 Å². The van der Waals surface area contributed by atoms with Crippen molar-refractivity contribution in [1.29, 1.82) is 0 Å². The van der Waals surface area contributed by atoms with Crippen LogP contribution in [0.15, 0.2) is 194 Å². The largest absolute Gasteiger partial charge is 0.309 e. The van der Waals surface area contributed by atoms with Gasteiger partial charge < -0.3 is 4.57 Å². The van der Waals surface area contributed by atoms with Crippen molar-refractivity contribution in [3.05, 3.63) is 194 Å². The third-order valence-corrected chi connectivity index (χ3v) is 10.1. The van der Waals surface area contributed by atoms with Crippen LogP contribution in [0.3, 0.4) is 0 Å². The number of fused-ring (bicyclic) bond motifs is 5. The number of rotatable bonds is 6. The van der Waals surface area contributed by atoms with Crippen LogP contribution in [0.1, 0.15) is 0 Å². The molecule has 53 heavy (non-hydrogen) atoms. The van der Waals surface area contributed by atoms with E-state index in [1.54, 1.807) is 0 Å². The van der Waals surface area contributed by atoms with Gasteiger partial charge in [0.1, 0.15) is 0 Å². The summed E-state index contributed by atoms with van der Waals surface area (Å²) in [6, 6.07) is 68.1. The van der Waals surface area contributed by atoms with Gasteiger partial charge in [-0.1, -0.05) is 158 Å². The molecule has 0 aliphatic heterocycles. The molecule has 0 aliphatic rings. The normalized spacial score (nSPS) is 11.4. The van der Waals surface area contributed by atoms with Crippen molar-refractivity contribution in [3.63, 3.8) is 0 Å². The van der Waals surface area contributed by atoms with E-state index in [0.29, 0.717) is 17.5 Å². The molecule has 0 fully saturated rings. The van der Waals surface area contributed by atoms with Crippen molar-refractivity contribution >= 4 is 32.6 Å². The van der Waals surface area contributed by atoms with Crippen molar-refractivity contribution in [2.45, 2.75) is 0 Å². The van der Waals surface area contributed by atoms with Gasteiger partial charge in [-0.05, 0) is 64.0 Å². The first-order chi connectivity index (χ1) is 26.3. The van der Waals surface area contributed by atoms with E-state index in [1.807, 2.05) is 36.4 Å². The number of hydrogen-bond donors (Lipinski definition) is 0. The van der Waals surface area contributed by atoms with E-state index >= 15 is 0 Å². The number of para-hydroxylation sites is 1. The van der Waals surface area contributed by atoms with E-state index in [4.69, 9.17) is 15.0 Å². The molecule has 248 valence electrons. The van der Waals surface area contributed by atoms with Crippen LogP contribution in [0.2, 0.25) is 0 Å². The van der Waals surface area contributed by atoms with Gasteiger partial charge >= 0.3 is 0 Å². The summed E-state index contributed by atoms with van der Waals surface area (Å²) in [5.41, 5.74) is 11.0. The van der Waals surface area contributed by atoms with Crippen LogP contribution in [0, 0.1) is 0 Å². The summed E-state index contributed by atoms with van der Waals surface area (Å²) in [5, 5.41) is 4.89. The second-order valence-corrected chi connectivity index (χ2v) is 13.3. The number of aromatic nitrogens is 4. The maximum absolute atomic E-state index is 5.04. The molecule has 0 radical (unpaired) electrons. The first-order valence-electron chi connectivity index (χ1n) is 17.9. The summed E-state index contributed by atoms with van der Waals surface area (Å²) < 4.78 is 2.39. The second-order valence-electron chi connectivity index (χ2n) is 13.3. The van der Waals surface area contributed by atoms with Crippen molar-refractivity contribution in [1.82, 2.24) is 19.5 Å². The summed E-state index contributed by atoms with van der Waals surface area (Å²) in [7, 11) is 0. The average molecular weight is 677 g/mol. The van der Waals surface area contributed by atoms with Gasteiger partial charge in [-0.2, -0.15) is 0 Å². The van der Waals surface area contributed by atoms with Gasteiger partial charge in [0, 0.05) is 38.5 Å². The van der Waals surface area contributed by atoms with Crippen LogP contribution in [-0.2, 0) is 0 Å². The Balaban J connectivity index is 1.09. The molecule has 0 spiro atoms. The highest BCUT2D eigenvalue weighted by Gasteiger charge is 2.17. The Morgan fingerprint density at radius 1 is 0.302 bits per heavy atom. The van der Waals surface area contributed by atoms with Gasteiger partial charge in [-0.3, -0.25) is 0 Å². The maximum Gasteiger partial charge on any atom is 0.164 e. The fourth-order valence-corrected chi connectivity index (χ4v) is 7.42. The minimum absolute atomic E-state index is 0.633. The van der Waals surface area contributed by atoms with Crippen molar-refractivity contribution in [2.24, 2.45) is 0 Å². The van der Waals surface area contributed by atoms with E-state index in [2.05, 4.69) is 162 Å². The number of hydrogen-bond acceptors (Lipinski definition) is 3. The Kier molecular flexibility index (Phi) is 7.43. The Bertz CT molecular complexity index is 2900. The van der Waals surface area contributed by atoms with E-state index in [9.17, 15) is 0 Å². The van der Waals surface area contributed by atoms with Gasteiger partial charge in [0.15, 0.2) is 17.5 Å². The zero-order valence-corrected chi connectivity index (χ0v) is 28.8. The van der Waals surface area contributed by atoms with Crippen LogP contribution in [0.5, 0.6) is 0 Å². The van der Waals surface area contributed by atoms with Crippen LogP contribution < -0.4 is 0 Å². The monoisotopic (exact) mass is 676 g/mol. The minimum Gasteiger partial charge on any atom is -0.309 e. The Morgan fingerprint density at radius 3 is 1.36 bits per heavy atom. The first-order valence-corrected chi connectivity index (χ1v) is 17.9. The standard InChI is InChI=1S/C49H32N4/c1-4-12-33(13-5-1)35-20-22-37(23-21-35)48-50-47(36-16-8-3-9-17-36)51-49(52-48)38-24-28-41(29-25-38)53-45-19-11-10-18-43(45)44-31-27-40-32-39(26-30-42(40)46(44)53)34-14-6-2-7-15-34/h1-32H. The molecule has 10 rings (SSSR count). The van der Waals surface area contributed by atoms with Crippen LogP contribution in [-0.4, -0.2) is 19.5 Å². The Labute approximate surface area is 307 Å². The third kappa shape index (κ3) is 5.54. The molecule has 0 aliphatic carbocycles. The van der Waals surface area contributed by atoms with Gasteiger partial charge in [-0.25, -0.2) is 15.0 Å². The highest BCUT2D eigenvalue weighted by molar-refractivity contribution is 6.19. The molecule has 8 aromatic carbocycles. The highest BCUT2D eigenvalue weighted by atomic mass is 15.0. The predicted octanol–water partition coefficient (Wildman–Crippen LogP) is 12.5. The van der Waals surface area contributed by atoms with Gasteiger partial charge in [-0.15, -0.1) is 0 Å². The molecule has 2 aromatic heterocycles. The lowest BCUT2D eigenvalue weighted by Crippen LogP contribution is -2.00. The second kappa shape index (κ2) is 12.9. The van der Waals surface area contributed by atoms with Gasteiger partial charge in [0.05, 0.1) is 11.0 Å². The first kappa shape index (κ1) is 30.6. The molecule has 4 nitrogen and oxygen atoms in total. The predicted molar refractivity (Wildman–Crippen MR) is 219 cm³/mol. The molecule has 0 atom stereocenters. The molecular weight excluding hydrogens is 645 g/mol. The fraction of sp³-hybridized carbons (Fsp3) is 0. The summed E-state index contributed by atoms with van der Waals surface area (Å²) >= 11 is 0. The number of benzene rings is 8. The van der Waals surface area contributed by atoms with Crippen LogP contribution in [0.4, 0.5) is 0 Å². The number of nitrogens with zero attached hydrogens (tertiary/aromatic N) is 4. The lowest BCUT2D eigenvalue weighted by molar-refractivity contribution is 1.07. The molecule has 0 saturated carbocycles. The van der Waals surface area contributed by atoms with Gasteiger partial charge in [0.25, 0.3) is 0 Å². The zero-order valence-electron chi connectivity index (χ0n) is 28.8. The van der Waals surface area contributed by atoms with Crippen molar-refractivity contribution in [2.75, 3.05) is 0 Å². The van der Waals surface area contributed by atoms with E-state index in [-0.39, 0.29) is 0 Å². The SMILES string of the molecule is c1ccc(-c2ccc(-c3nc(-c4ccccc4)nc(-c4ccc(-n5c6ccccc6c6ccc7cc(-c8ccccc8)ccc7c65)cc4)n3)cc2)cc1. The maximum atomic E-state index is 5.04. The van der Waals surface area contributed by atoms with Crippen molar-refractivity contribution in [3.8, 4) is 62.1 Å². The minimum atomic E-state index is 0.633. The molecule has 0 saturated heterocycles. The molecule has 0 amide bonds. The summed E-state index contributed by atoms with van der Waals surface area (Å²) in [4.78, 5) is 15.0. The zero-order chi connectivity index (χ0) is 35.1. The molecule has 10 aromatic rings. The highest BCUT2D eigenvalue weighted by Crippen LogP contribution is 2.38. The van der Waals surface area contributed by atoms with E-state index in [0.717, 1.165) is 27.9 Å². The molecule has 4 heteroatoms.